The van der Waals surface area contributed by atoms with Gasteiger partial charge >= 0.3 is 0 Å². The van der Waals surface area contributed by atoms with Gasteiger partial charge in [0.2, 0.25) is 5.91 Å². The number of carbonyl (C=O) groups excluding carboxylic acids is 1. The fourth-order valence-electron chi connectivity index (χ4n) is 5.32. The Kier molecular flexibility index (Phi) is 7.25. The summed E-state index contributed by atoms with van der Waals surface area (Å²) in [5.41, 5.74) is 3.39. The number of phenolic OH excluding ortho intramolecular Hbond substituents is 2. The second-order valence-electron chi connectivity index (χ2n) is 10.2. The zero-order valence-corrected chi connectivity index (χ0v) is 19.9. The highest BCUT2D eigenvalue weighted by atomic mass is 16.3. The third-order valence-corrected chi connectivity index (χ3v) is 7.34. The topological polar surface area (TPSA) is 84.8 Å². The number of nitrogens with one attached hydrogen (secondary N) is 2. The maximum Gasteiger partial charge on any atom is 0.237 e. The van der Waals surface area contributed by atoms with Crippen LogP contribution in [0, 0.1) is 11.8 Å². The summed E-state index contributed by atoms with van der Waals surface area (Å²) < 4.78 is 0. The van der Waals surface area contributed by atoms with E-state index in [0.717, 1.165) is 37.2 Å². The van der Waals surface area contributed by atoms with Crippen LogP contribution < -0.4 is 10.6 Å². The standard InChI is InChI=1S/C27H37N3O3/c1-17(2)26(29-27(33)25-13-19-7-8-23(32)12-21(19)14-28-25)16-30-10-9-24(18(3)15-30)20-5-4-6-22(31)11-20/h4-8,11-12,17-18,24-26,28,31-32H,9-10,13-16H2,1-3H3,(H,29,33)/t18-,24?,25+,26+/m0/s1. The van der Waals surface area contributed by atoms with Crippen molar-refractivity contribution in [2.45, 2.75) is 58.2 Å². The van der Waals surface area contributed by atoms with Gasteiger partial charge in [0, 0.05) is 25.7 Å². The van der Waals surface area contributed by atoms with Crippen molar-refractivity contribution in [1.29, 1.82) is 0 Å². The summed E-state index contributed by atoms with van der Waals surface area (Å²) in [5, 5.41) is 26.2. The third-order valence-electron chi connectivity index (χ3n) is 7.34. The number of rotatable bonds is 6. The summed E-state index contributed by atoms with van der Waals surface area (Å²) in [4.78, 5) is 15.6. The zero-order valence-electron chi connectivity index (χ0n) is 19.9. The highest BCUT2D eigenvalue weighted by Crippen LogP contribution is 2.34. The first-order valence-electron chi connectivity index (χ1n) is 12.2. The molecule has 2 aromatic carbocycles. The Morgan fingerprint density at radius 1 is 1.15 bits per heavy atom. The highest BCUT2D eigenvalue weighted by molar-refractivity contribution is 5.82. The maximum absolute atomic E-state index is 13.1. The lowest BCUT2D eigenvalue weighted by Gasteiger charge is -2.40. The summed E-state index contributed by atoms with van der Waals surface area (Å²) >= 11 is 0. The Hall–Kier alpha value is -2.57. The molecule has 178 valence electrons. The molecule has 4 rings (SSSR count). The molecule has 2 aliphatic rings. The number of nitrogens with zero attached hydrogens (tertiary/aromatic N) is 1. The summed E-state index contributed by atoms with van der Waals surface area (Å²) in [6.45, 7) is 10.0. The van der Waals surface area contributed by atoms with Crippen LogP contribution in [0.5, 0.6) is 11.5 Å². The van der Waals surface area contributed by atoms with Crippen LogP contribution in [0.4, 0.5) is 0 Å². The molecule has 1 fully saturated rings. The van der Waals surface area contributed by atoms with E-state index in [1.54, 1.807) is 18.2 Å². The zero-order chi connectivity index (χ0) is 23.5. The number of piperidine rings is 1. The van der Waals surface area contributed by atoms with E-state index in [4.69, 9.17) is 0 Å². The molecule has 0 aromatic heterocycles. The number of fused-ring (bicyclic) bond motifs is 1. The fourth-order valence-corrected chi connectivity index (χ4v) is 5.32. The van der Waals surface area contributed by atoms with Gasteiger partial charge in [-0.2, -0.15) is 0 Å². The van der Waals surface area contributed by atoms with Gasteiger partial charge in [-0.25, -0.2) is 0 Å². The number of phenols is 2. The molecular formula is C27H37N3O3. The van der Waals surface area contributed by atoms with Gasteiger partial charge in [-0.1, -0.05) is 39.0 Å². The number of likely N-dealkylation sites (tertiary alicyclic amines) is 1. The van der Waals surface area contributed by atoms with Gasteiger partial charge in [0.05, 0.1) is 6.04 Å². The summed E-state index contributed by atoms with van der Waals surface area (Å²) in [6.07, 6.45) is 1.69. The highest BCUT2D eigenvalue weighted by Gasteiger charge is 2.31. The first-order valence-corrected chi connectivity index (χ1v) is 12.2. The molecule has 0 aliphatic carbocycles. The van der Waals surface area contributed by atoms with Gasteiger partial charge < -0.3 is 25.7 Å². The molecule has 0 saturated carbocycles. The minimum absolute atomic E-state index is 0.0510. The molecular weight excluding hydrogens is 414 g/mol. The van der Waals surface area contributed by atoms with Gasteiger partial charge in [0.25, 0.3) is 0 Å². The second kappa shape index (κ2) is 10.1. The largest absolute Gasteiger partial charge is 0.508 e. The molecule has 4 N–H and O–H groups in total. The summed E-state index contributed by atoms with van der Waals surface area (Å²) in [6, 6.07) is 12.9. The molecule has 0 spiro atoms. The molecule has 2 heterocycles. The van der Waals surface area contributed by atoms with Crippen LogP contribution in [0.25, 0.3) is 0 Å². The van der Waals surface area contributed by atoms with Gasteiger partial charge in [-0.15, -0.1) is 0 Å². The maximum atomic E-state index is 13.1. The number of carbonyl (C=O) groups is 1. The molecule has 2 aliphatic heterocycles. The molecule has 1 saturated heterocycles. The Labute approximate surface area is 197 Å². The first-order chi connectivity index (χ1) is 15.8. The van der Waals surface area contributed by atoms with Crippen molar-refractivity contribution >= 4 is 5.91 Å². The number of hydrogen-bond donors (Lipinski definition) is 4. The van der Waals surface area contributed by atoms with Gasteiger partial charge in [-0.3, -0.25) is 4.79 Å². The van der Waals surface area contributed by atoms with Crippen LogP contribution >= 0.6 is 0 Å². The van der Waals surface area contributed by atoms with Crippen molar-refractivity contribution in [3.8, 4) is 11.5 Å². The molecule has 0 bridgehead atoms. The van der Waals surface area contributed by atoms with Crippen molar-refractivity contribution in [2.75, 3.05) is 19.6 Å². The summed E-state index contributed by atoms with van der Waals surface area (Å²) in [5.74, 6) is 1.92. The predicted molar refractivity (Wildman–Crippen MR) is 130 cm³/mol. The van der Waals surface area contributed by atoms with Crippen molar-refractivity contribution in [1.82, 2.24) is 15.5 Å². The van der Waals surface area contributed by atoms with Crippen molar-refractivity contribution in [3.63, 3.8) is 0 Å². The van der Waals surface area contributed by atoms with Crippen LogP contribution in [0.2, 0.25) is 0 Å². The normalized spacial score (nSPS) is 24.3. The number of aromatic hydroxyl groups is 2. The van der Waals surface area contributed by atoms with E-state index in [-0.39, 0.29) is 23.7 Å². The molecule has 1 unspecified atom stereocenters. The molecule has 6 nitrogen and oxygen atoms in total. The molecule has 33 heavy (non-hydrogen) atoms. The smallest absolute Gasteiger partial charge is 0.237 e. The summed E-state index contributed by atoms with van der Waals surface area (Å²) in [7, 11) is 0. The Morgan fingerprint density at radius 2 is 1.94 bits per heavy atom. The van der Waals surface area contributed by atoms with Gasteiger partial charge in [0.1, 0.15) is 11.5 Å². The Balaban J connectivity index is 1.34. The van der Waals surface area contributed by atoms with Crippen molar-refractivity contribution in [2.24, 2.45) is 11.8 Å². The van der Waals surface area contributed by atoms with Crippen LogP contribution in [-0.2, 0) is 17.8 Å². The Morgan fingerprint density at radius 3 is 2.67 bits per heavy atom. The van der Waals surface area contributed by atoms with Crippen molar-refractivity contribution < 1.29 is 15.0 Å². The lowest BCUT2D eigenvalue weighted by Crippen LogP contribution is -2.55. The van der Waals surface area contributed by atoms with E-state index in [1.807, 2.05) is 18.2 Å². The van der Waals surface area contributed by atoms with E-state index in [1.165, 1.54) is 5.56 Å². The lowest BCUT2D eigenvalue weighted by molar-refractivity contribution is -0.124. The predicted octanol–water partition coefficient (Wildman–Crippen LogP) is 3.38. The lowest BCUT2D eigenvalue weighted by atomic mass is 9.81. The van der Waals surface area contributed by atoms with Crippen LogP contribution in [0.3, 0.4) is 0 Å². The van der Waals surface area contributed by atoms with Gasteiger partial charge in [-0.05, 0) is 78.1 Å². The number of benzene rings is 2. The molecule has 1 amide bonds. The molecule has 6 heteroatoms. The Bertz CT molecular complexity index is 977. The number of hydrogen-bond acceptors (Lipinski definition) is 5. The van der Waals surface area contributed by atoms with Gasteiger partial charge in [0.15, 0.2) is 0 Å². The first kappa shape index (κ1) is 23.6. The number of amides is 1. The minimum atomic E-state index is -0.251. The van der Waals surface area contributed by atoms with Crippen LogP contribution in [0.15, 0.2) is 42.5 Å². The average Bonchev–Trinajstić information content (AvgIpc) is 2.78. The van der Waals surface area contributed by atoms with E-state index in [2.05, 4.69) is 42.4 Å². The second-order valence-corrected chi connectivity index (χ2v) is 10.2. The minimum Gasteiger partial charge on any atom is -0.508 e. The molecule has 2 aromatic rings. The third kappa shape index (κ3) is 5.68. The van der Waals surface area contributed by atoms with E-state index < -0.39 is 0 Å². The van der Waals surface area contributed by atoms with E-state index >= 15 is 0 Å². The molecule has 4 atom stereocenters. The average molecular weight is 452 g/mol. The van der Waals surface area contributed by atoms with Crippen molar-refractivity contribution in [3.05, 3.63) is 59.2 Å². The fraction of sp³-hybridized carbons (Fsp3) is 0.519. The molecule has 0 radical (unpaired) electrons. The SMILES string of the molecule is CC(C)[C@@H](CN1CCC(c2cccc(O)c2)[C@@H](C)C1)NC(=O)[C@H]1Cc2ccc(O)cc2CN1. The quantitative estimate of drug-likeness (QED) is 0.541. The van der Waals surface area contributed by atoms with E-state index in [9.17, 15) is 15.0 Å². The van der Waals surface area contributed by atoms with Crippen LogP contribution in [0.1, 0.15) is 49.8 Å². The van der Waals surface area contributed by atoms with Crippen LogP contribution in [-0.4, -0.2) is 52.7 Å². The van der Waals surface area contributed by atoms with E-state index in [0.29, 0.717) is 36.5 Å². The monoisotopic (exact) mass is 451 g/mol.